The van der Waals surface area contributed by atoms with Gasteiger partial charge in [0.25, 0.3) is 0 Å². The Morgan fingerprint density at radius 3 is 2.60 bits per heavy atom. The summed E-state index contributed by atoms with van der Waals surface area (Å²) in [7, 11) is 0. The molecule has 0 aliphatic rings. The molecule has 0 unspecified atom stereocenters. The standard InChI is InChI=1S/C10H9FN2.2ClH/c11-9-4-3-7-2-1-5-13-10(7)8(9)6-12;;/h1-5H,6,12H2;2*1H. The average molecular weight is 249 g/mol. The predicted molar refractivity (Wildman–Crippen MR) is 64.1 cm³/mol. The molecular formula is C10H11Cl2FN2. The fraction of sp³-hybridized carbons (Fsp3) is 0.100. The molecule has 0 amide bonds. The van der Waals surface area contributed by atoms with E-state index in [9.17, 15) is 4.39 Å². The summed E-state index contributed by atoms with van der Waals surface area (Å²) in [6, 6.07) is 6.84. The quantitative estimate of drug-likeness (QED) is 0.843. The van der Waals surface area contributed by atoms with Gasteiger partial charge in [0.15, 0.2) is 0 Å². The van der Waals surface area contributed by atoms with Gasteiger partial charge in [-0.1, -0.05) is 6.07 Å². The number of pyridine rings is 1. The minimum absolute atomic E-state index is 0. The second kappa shape index (κ2) is 5.85. The van der Waals surface area contributed by atoms with Crippen molar-refractivity contribution >= 4 is 35.7 Å². The Kier molecular flexibility index (Phi) is 5.50. The first-order valence-corrected chi connectivity index (χ1v) is 4.05. The lowest BCUT2D eigenvalue weighted by Crippen LogP contribution is -2.01. The molecule has 0 saturated carbocycles. The van der Waals surface area contributed by atoms with E-state index in [2.05, 4.69) is 4.98 Å². The molecule has 2 nitrogen and oxygen atoms in total. The summed E-state index contributed by atoms with van der Waals surface area (Å²) in [6.07, 6.45) is 1.64. The first-order chi connectivity index (χ1) is 6.33. The Labute approximate surface area is 99.5 Å². The van der Waals surface area contributed by atoms with Gasteiger partial charge in [-0.2, -0.15) is 0 Å². The molecular weight excluding hydrogens is 238 g/mol. The van der Waals surface area contributed by atoms with Crippen molar-refractivity contribution in [2.24, 2.45) is 5.73 Å². The van der Waals surface area contributed by atoms with Crippen LogP contribution >= 0.6 is 24.8 Å². The van der Waals surface area contributed by atoms with Crippen LogP contribution in [0.25, 0.3) is 10.9 Å². The molecule has 2 aromatic rings. The second-order valence-corrected chi connectivity index (χ2v) is 2.81. The Morgan fingerprint density at radius 2 is 1.93 bits per heavy atom. The maximum absolute atomic E-state index is 13.2. The third-order valence-electron chi connectivity index (χ3n) is 2.03. The van der Waals surface area contributed by atoms with E-state index < -0.39 is 0 Å². The van der Waals surface area contributed by atoms with Gasteiger partial charge in [0.05, 0.1) is 5.52 Å². The van der Waals surface area contributed by atoms with E-state index in [-0.39, 0.29) is 37.2 Å². The van der Waals surface area contributed by atoms with Crippen molar-refractivity contribution in [2.75, 3.05) is 0 Å². The van der Waals surface area contributed by atoms with E-state index in [1.54, 1.807) is 12.3 Å². The molecule has 0 bridgehead atoms. The van der Waals surface area contributed by atoms with Crippen molar-refractivity contribution < 1.29 is 4.39 Å². The molecule has 0 aliphatic heterocycles. The van der Waals surface area contributed by atoms with Crippen LogP contribution in [0.4, 0.5) is 4.39 Å². The molecule has 0 atom stereocenters. The van der Waals surface area contributed by atoms with Gasteiger partial charge in [0, 0.05) is 23.7 Å². The lowest BCUT2D eigenvalue weighted by molar-refractivity contribution is 0.613. The van der Waals surface area contributed by atoms with Crippen LogP contribution in [0.5, 0.6) is 0 Å². The zero-order valence-corrected chi connectivity index (χ0v) is 9.45. The van der Waals surface area contributed by atoms with Gasteiger partial charge in [-0.3, -0.25) is 4.98 Å². The van der Waals surface area contributed by atoms with E-state index in [1.165, 1.54) is 6.07 Å². The number of halogens is 3. The lowest BCUT2D eigenvalue weighted by Gasteiger charge is -2.03. The second-order valence-electron chi connectivity index (χ2n) is 2.81. The smallest absolute Gasteiger partial charge is 0.129 e. The molecule has 82 valence electrons. The van der Waals surface area contributed by atoms with Crippen LogP contribution in [0, 0.1) is 5.82 Å². The van der Waals surface area contributed by atoms with Gasteiger partial charge in [0.2, 0.25) is 0 Å². The zero-order chi connectivity index (χ0) is 9.26. The maximum atomic E-state index is 13.2. The third-order valence-corrected chi connectivity index (χ3v) is 2.03. The molecule has 0 fully saturated rings. The highest BCUT2D eigenvalue weighted by atomic mass is 35.5. The van der Waals surface area contributed by atoms with Gasteiger partial charge in [-0.15, -0.1) is 24.8 Å². The fourth-order valence-corrected chi connectivity index (χ4v) is 1.38. The highest BCUT2D eigenvalue weighted by molar-refractivity contribution is 5.85. The Hall–Kier alpha value is -0.900. The maximum Gasteiger partial charge on any atom is 0.129 e. The van der Waals surface area contributed by atoms with E-state index in [4.69, 9.17) is 5.73 Å². The van der Waals surface area contributed by atoms with Crippen LogP contribution in [0.1, 0.15) is 5.56 Å². The van der Waals surface area contributed by atoms with E-state index >= 15 is 0 Å². The van der Waals surface area contributed by atoms with Crippen molar-refractivity contribution in [3.63, 3.8) is 0 Å². The van der Waals surface area contributed by atoms with E-state index in [1.807, 2.05) is 12.1 Å². The van der Waals surface area contributed by atoms with Crippen LogP contribution in [0.2, 0.25) is 0 Å². The summed E-state index contributed by atoms with van der Waals surface area (Å²) in [5.41, 5.74) is 6.58. The summed E-state index contributed by atoms with van der Waals surface area (Å²) in [4.78, 5) is 4.09. The minimum Gasteiger partial charge on any atom is -0.326 e. The van der Waals surface area contributed by atoms with Gasteiger partial charge in [-0.25, -0.2) is 4.39 Å². The van der Waals surface area contributed by atoms with Crippen molar-refractivity contribution in [3.05, 3.63) is 41.8 Å². The van der Waals surface area contributed by atoms with Gasteiger partial charge in [-0.05, 0) is 18.2 Å². The molecule has 5 heteroatoms. The number of hydrogen-bond acceptors (Lipinski definition) is 2. The van der Waals surface area contributed by atoms with Gasteiger partial charge < -0.3 is 5.73 Å². The number of benzene rings is 1. The largest absolute Gasteiger partial charge is 0.326 e. The zero-order valence-electron chi connectivity index (χ0n) is 7.81. The summed E-state index contributed by atoms with van der Waals surface area (Å²) >= 11 is 0. The fourth-order valence-electron chi connectivity index (χ4n) is 1.38. The molecule has 2 N–H and O–H groups in total. The summed E-state index contributed by atoms with van der Waals surface area (Å²) in [6.45, 7) is 0.181. The van der Waals surface area contributed by atoms with Gasteiger partial charge >= 0.3 is 0 Å². The van der Waals surface area contributed by atoms with Crippen molar-refractivity contribution in [3.8, 4) is 0 Å². The average Bonchev–Trinajstić information content (AvgIpc) is 2.18. The number of hydrogen-bond donors (Lipinski definition) is 1. The Balaban J connectivity index is 0.000000980. The first kappa shape index (κ1) is 14.1. The van der Waals surface area contributed by atoms with Gasteiger partial charge in [0.1, 0.15) is 5.82 Å². The number of aromatic nitrogens is 1. The minimum atomic E-state index is -0.284. The van der Waals surface area contributed by atoms with Crippen LogP contribution in [0.15, 0.2) is 30.5 Å². The van der Waals surface area contributed by atoms with Crippen molar-refractivity contribution in [1.82, 2.24) is 4.98 Å². The van der Waals surface area contributed by atoms with Crippen LogP contribution in [-0.2, 0) is 6.54 Å². The monoisotopic (exact) mass is 248 g/mol. The summed E-state index contributed by atoms with van der Waals surface area (Å²) in [5.74, 6) is -0.284. The topological polar surface area (TPSA) is 38.9 Å². The molecule has 0 spiro atoms. The van der Waals surface area contributed by atoms with Crippen LogP contribution in [0.3, 0.4) is 0 Å². The van der Waals surface area contributed by atoms with Crippen molar-refractivity contribution in [1.29, 1.82) is 0 Å². The predicted octanol–water partition coefficient (Wildman–Crippen LogP) is 2.68. The van der Waals surface area contributed by atoms with Crippen molar-refractivity contribution in [2.45, 2.75) is 6.54 Å². The van der Waals surface area contributed by atoms with Crippen LogP contribution < -0.4 is 5.73 Å². The first-order valence-electron chi connectivity index (χ1n) is 4.05. The van der Waals surface area contributed by atoms with E-state index in [0.717, 1.165) is 5.39 Å². The molecule has 15 heavy (non-hydrogen) atoms. The summed E-state index contributed by atoms with van der Waals surface area (Å²) < 4.78 is 13.2. The molecule has 0 saturated heterocycles. The van der Waals surface area contributed by atoms with E-state index in [0.29, 0.717) is 11.1 Å². The highest BCUT2D eigenvalue weighted by Gasteiger charge is 2.05. The number of nitrogens with zero attached hydrogens (tertiary/aromatic N) is 1. The molecule has 1 heterocycles. The highest BCUT2D eigenvalue weighted by Crippen LogP contribution is 2.18. The number of fused-ring (bicyclic) bond motifs is 1. The Bertz CT molecular complexity index is 448. The molecule has 0 aliphatic carbocycles. The summed E-state index contributed by atoms with van der Waals surface area (Å²) in [5, 5.41) is 0.921. The van der Waals surface area contributed by atoms with Crippen LogP contribution in [-0.4, -0.2) is 4.98 Å². The third kappa shape index (κ3) is 2.56. The molecule has 1 aromatic heterocycles. The number of rotatable bonds is 1. The normalized spacial score (nSPS) is 9.20. The SMILES string of the molecule is Cl.Cl.NCc1c(F)ccc2cccnc12. The lowest BCUT2D eigenvalue weighted by atomic mass is 10.1. The molecule has 1 aromatic carbocycles. The Morgan fingerprint density at radius 1 is 1.20 bits per heavy atom. The molecule has 2 rings (SSSR count). The number of nitrogens with two attached hydrogens (primary N) is 1. The molecule has 0 radical (unpaired) electrons.